The van der Waals surface area contributed by atoms with E-state index in [1.54, 1.807) is 0 Å². The van der Waals surface area contributed by atoms with E-state index in [0.717, 1.165) is 35.4 Å². The van der Waals surface area contributed by atoms with Gasteiger partial charge in [0.15, 0.2) is 11.0 Å². The lowest BCUT2D eigenvalue weighted by Crippen LogP contribution is -2.47. The van der Waals surface area contributed by atoms with Crippen LogP contribution in [0.25, 0.3) is 11.4 Å². The van der Waals surface area contributed by atoms with Crippen molar-refractivity contribution in [1.29, 1.82) is 0 Å². The highest BCUT2D eigenvalue weighted by atomic mass is 32.2. The molecule has 0 radical (unpaired) electrons. The van der Waals surface area contributed by atoms with E-state index in [2.05, 4.69) is 66.8 Å². The lowest BCUT2D eigenvalue weighted by Gasteiger charge is -2.39. The fourth-order valence-corrected chi connectivity index (χ4v) is 6.31. The number of fused-ring (bicyclic) bond motifs is 2. The molecular weight excluding hydrogens is 380 g/mol. The molecule has 1 heterocycles. The van der Waals surface area contributed by atoms with Crippen molar-refractivity contribution in [3.8, 4) is 11.4 Å². The molecule has 0 aliphatic heterocycles. The molecule has 3 atom stereocenters. The molecule has 2 aromatic rings. The number of aromatic nitrogens is 3. The third-order valence-electron chi connectivity index (χ3n) is 7.88. The van der Waals surface area contributed by atoms with E-state index >= 15 is 0 Å². The molecule has 0 spiro atoms. The lowest BCUT2D eigenvalue weighted by molar-refractivity contribution is -0.120. The van der Waals surface area contributed by atoms with Gasteiger partial charge in [-0.2, -0.15) is 0 Å². The Morgan fingerprint density at radius 3 is 2.66 bits per heavy atom. The van der Waals surface area contributed by atoms with Gasteiger partial charge in [-0.05, 0) is 55.4 Å². The summed E-state index contributed by atoms with van der Waals surface area (Å²) in [6, 6.07) is 8.50. The third-order valence-corrected chi connectivity index (χ3v) is 8.85. The van der Waals surface area contributed by atoms with Gasteiger partial charge in [0.05, 0.1) is 5.75 Å². The van der Waals surface area contributed by atoms with Gasteiger partial charge >= 0.3 is 0 Å². The maximum absolute atomic E-state index is 12.7. The van der Waals surface area contributed by atoms with Crippen molar-refractivity contribution in [3.05, 3.63) is 29.8 Å². The summed E-state index contributed by atoms with van der Waals surface area (Å²) < 4.78 is 2.10. The Morgan fingerprint density at radius 1 is 1.28 bits per heavy atom. The zero-order valence-corrected chi connectivity index (χ0v) is 19.0. The normalized spacial score (nSPS) is 27.3. The largest absolute Gasteiger partial charge is 0.352 e. The number of amides is 1. The Hall–Kier alpha value is -1.82. The summed E-state index contributed by atoms with van der Waals surface area (Å²) in [7, 11) is 0. The smallest absolute Gasteiger partial charge is 0.230 e. The molecule has 1 aromatic carbocycles. The highest BCUT2D eigenvalue weighted by Gasteiger charge is 2.61. The summed E-state index contributed by atoms with van der Waals surface area (Å²) in [4.78, 5) is 12.7. The molecule has 2 fully saturated rings. The summed E-state index contributed by atoms with van der Waals surface area (Å²) in [6.07, 6.45) is 3.63. The van der Waals surface area contributed by atoms with Crippen LogP contribution < -0.4 is 5.32 Å². The van der Waals surface area contributed by atoms with Crippen LogP contribution in [0.15, 0.2) is 29.4 Å². The number of carbonyl (C=O) groups excluding carboxylic acids is 1. The molecule has 1 amide bonds. The quantitative estimate of drug-likeness (QED) is 0.699. The fourth-order valence-electron chi connectivity index (χ4n) is 5.49. The van der Waals surface area contributed by atoms with Crippen molar-refractivity contribution < 1.29 is 4.79 Å². The number of carbonyl (C=O) groups is 1. The summed E-state index contributed by atoms with van der Waals surface area (Å²) >= 11 is 1.48. The molecule has 156 valence electrons. The second kappa shape index (κ2) is 7.46. The average molecular weight is 413 g/mol. The first-order valence-electron chi connectivity index (χ1n) is 10.7. The lowest BCUT2D eigenvalue weighted by atomic mass is 9.69. The molecule has 0 saturated heterocycles. The number of benzene rings is 1. The third kappa shape index (κ3) is 3.29. The van der Waals surface area contributed by atoms with E-state index in [9.17, 15) is 4.79 Å². The van der Waals surface area contributed by atoms with Crippen LogP contribution in [0.2, 0.25) is 0 Å². The number of hydrogen-bond donors (Lipinski definition) is 1. The summed E-state index contributed by atoms with van der Waals surface area (Å²) in [5.74, 6) is 2.08. The molecule has 2 aliphatic rings. The average Bonchev–Trinajstić information content (AvgIpc) is 3.25. The molecule has 2 saturated carbocycles. The van der Waals surface area contributed by atoms with Crippen LogP contribution in [-0.2, 0) is 11.3 Å². The van der Waals surface area contributed by atoms with Crippen LogP contribution >= 0.6 is 11.8 Å². The number of aryl methyl sites for hydroxylation is 1. The van der Waals surface area contributed by atoms with Crippen molar-refractivity contribution in [2.75, 3.05) is 5.75 Å². The summed E-state index contributed by atoms with van der Waals surface area (Å²) in [5, 5.41) is 13.0. The molecule has 6 heteroatoms. The van der Waals surface area contributed by atoms with Crippen LogP contribution in [0.1, 0.15) is 52.5 Å². The molecule has 29 heavy (non-hydrogen) atoms. The van der Waals surface area contributed by atoms with Crippen molar-refractivity contribution in [1.82, 2.24) is 20.1 Å². The van der Waals surface area contributed by atoms with E-state index in [0.29, 0.717) is 11.2 Å². The molecule has 1 aromatic heterocycles. The van der Waals surface area contributed by atoms with Gasteiger partial charge in [-0.3, -0.25) is 4.79 Å². The van der Waals surface area contributed by atoms with Gasteiger partial charge in [0.1, 0.15) is 0 Å². The summed E-state index contributed by atoms with van der Waals surface area (Å²) in [6.45, 7) is 12.1. The monoisotopic (exact) mass is 412 g/mol. The van der Waals surface area contributed by atoms with E-state index in [1.165, 1.54) is 30.2 Å². The summed E-state index contributed by atoms with van der Waals surface area (Å²) in [5.41, 5.74) is 2.79. The Morgan fingerprint density at radius 2 is 2.03 bits per heavy atom. The first kappa shape index (κ1) is 20.5. The highest BCUT2D eigenvalue weighted by molar-refractivity contribution is 7.99. The van der Waals surface area contributed by atoms with Crippen molar-refractivity contribution >= 4 is 17.7 Å². The molecule has 5 nitrogen and oxygen atoms in total. The predicted molar refractivity (Wildman–Crippen MR) is 118 cm³/mol. The number of hydrogen-bond acceptors (Lipinski definition) is 4. The topological polar surface area (TPSA) is 59.8 Å². The van der Waals surface area contributed by atoms with Crippen LogP contribution in [0.3, 0.4) is 0 Å². The molecule has 2 bridgehead atoms. The second-order valence-corrected chi connectivity index (χ2v) is 10.3. The zero-order valence-electron chi connectivity index (χ0n) is 18.2. The van der Waals surface area contributed by atoms with E-state index in [-0.39, 0.29) is 17.4 Å². The standard InChI is InChI=1S/C23H32N4OS/c1-6-27-20(17-10-8-7-9-15(17)2)25-26-21(27)29-14-19(28)24-18-13-16-11-12-23(18,5)22(16,3)4/h7-10,16,18H,6,11-14H2,1-5H3,(H,24,28)/t16-,18+,23-/m1/s1. The van der Waals surface area contributed by atoms with Crippen LogP contribution in [0.5, 0.6) is 0 Å². The number of nitrogens with one attached hydrogen (secondary N) is 1. The van der Waals surface area contributed by atoms with E-state index in [4.69, 9.17) is 0 Å². The molecule has 0 unspecified atom stereocenters. The van der Waals surface area contributed by atoms with E-state index < -0.39 is 0 Å². The SMILES string of the molecule is CCn1c(SCC(=O)N[C@H]2C[C@H]3CC[C@@]2(C)C3(C)C)nnc1-c1ccccc1C. The Labute approximate surface area is 178 Å². The zero-order chi connectivity index (χ0) is 20.8. The number of nitrogens with zero attached hydrogens (tertiary/aromatic N) is 3. The minimum atomic E-state index is 0.104. The maximum atomic E-state index is 12.7. The minimum Gasteiger partial charge on any atom is -0.352 e. The van der Waals surface area contributed by atoms with Crippen LogP contribution in [0.4, 0.5) is 0 Å². The number of rotatable bonds is 6. The Kier molecular flexibility index (Phi) is 5.26. The Balaban J connectivity index is 1.42. The maximum Gasteiger partial charge on any atom is 0.230 e. The molecular formula is C23H32N4OS. The van der Waals surface area contributed by atoms with Crippen LogP contribution in [0, 0.1) is 23.7 Å². The van der Waals surface area contributed by atoms with Crippen molar-refractivity contribution in [2.24, 2.45) is 16.7 Å². The molecule has 1 N–H and O–H groups in total. The van der Waals surface area contributed by atoms with Gasteiger partial charge in [-0.25, -0.2) is 0 Å². The highest BCUT2D eigenvalue weighted by Crippen LogP contribution is 2.65. The first-order chi connectivity index (χ1) is 13.8. The van der Waals surface area contributed by atoms with Crippen molar-refractivity contribution in [2.45, 2.75) is 71.6 Å². The van der Waals surface area contributed by atoms with Crippen LogP contribution in [-0.4, -0.2) is 32.5 Å². The van der Waals surface area contributed by atoms with Crippen molar-refractivity contribution in [3.63, 3.8) is 0 Å². The second-order valence-electron chi connectivity index (χ2n) is 9.38. The van der Waals surface area contributed by atoms with Gasteiger partial charge in [0.25, 0.3) is 0 Å². The van der Waals surface area contributed by atoms with Gasteiger partial charge in [0, 0.05) is 18.2 Å². The number of thioether (sulfide) groups is 1. The molecule has 4 rings (SSSR count). The minimum absolute atomic E-state index is 0.104. The molecule has 2 aliphatic carbocycles. The van der Waals surface area contributed by atoms with Gasteiger partial charge in [0.2, 0.25) is 5.91 Å². The predicted octanol–water partition coefficient (Wildman–Crippen LogP) is 4.70. The van der Waals surface area contributed by atoms with E-state index in [1.807, 2.05) is 12.1 Å². The first-order valence-corrected chi connectivity index (χ1v) is 11.7. The van der Waals surface area contributed by atoms with Gasteiger partial charge in [-0.1, -0.05) is 56.8 Å². The van der Waals surface area contributed by atoms with Gasteiger partial charge in [-0.15, -0.1) is 10.2 Å². The Bertz CT molecular complexity index is 921. The van der Waals surface area contributed by atoms with Gasteiger partial charge < -0.3 is 9.88 Å². The fraction of sp³-hybridized carbons (Fsp3) is 0.609.